The van der Waals surface area contributed by atoms with Crippen molar-refractivity contribution in [3.05, 3.63) is 51.3 Å². The lowest BCUT2D eigenvalue weighted by atomic mass is 10.1. The van der Waals surface area contributed by atoms with Crippen LogP contribution >= 0.6 is 27.3 Å². The topological polar surface area (TPSA) is 78.0 Å². The molecule has 29 heavy (non-hydrogen) atoms. The number of hydrogen-bond donors (Lipinski definition) is 0. The Bertz CT molecular complexity index is 1080. The van der Waals surface area contributed by atoms with Crippen LogP contribution in [0.25, 0.3) is 11.3 Å². The van der Waals surface area contributed by atoms with E-state index >= 15 is 0 Å². The maximum atomic E-state index is 12.7. The molecule has 0 N–H and O–H groups in total. The fraction of sp³-hybridized carbons (Fsp3) is 0.150. The van der Waals surface area contributed by atoms with E-state index in [1.807, 2.05) is 0 Å². The van der Waals surface area contributed by atoms with Crippen LogP contribution in [-0.2, 0) is 0 Å². The highest BCUT2D eigenvalue weighted by molar-refractivity contribution is 9.11. The Morgan fingerprint density at radius 1 is 0.931 bits per heavy atom. The van der Waals surface area contributed by atoms with Crippen molar-refractivity contribution < 1.29 is 23.8 Å². The van der Waals surface area contributed by atoms with Gasteiger partial charge in [-0.3, -0.25) is 9.59 Å². The summed E-state index contributed by atoms with van der Waals surface area (Å²) in [6, 6.07) is 10.2. The number of imide groups is 1. The van der Waals surface area contributed by atoms with E-state index < -0.39 is 0 Å². The molecule has 0 unspecified atom stereocenters. The Morgan fingerprint density at radius 3 is 1.97 bits per heavy atom. The second-order valence-corrected chi connectivity index (χ2v) is 8.32. The minimum Gasteiger partial charge on any atom is -0.493 e. The molecule has 1 aliphatic heterocycles. The number of halogens is 1. The van der Waals surface area contributed by atoms with Crippen LogP contribution in [0.5, 0.6) is 17.2 Å². The Balaban J connectivity index is 1.79. The highest BCUT2D eigenvalue weighted by atomic mass is 79.9. The van der Waals surface area contributed by atoms with Crippen molar-refractivity contribution in [1.29, 1.82) is 0 Å². The van der Waals surface area contributed by atoms with Crippen LogP contribution in [0, 0.1) is 0 Å². The van der Waals surface area contributed by atoms with Gasteiger partial charge < -0.3 is 14.2 Å². The van der Waals surface area contributed by atoms with Gasteiger partial charge in [0.15, 0.2) is 11.5 Å². The normalized spacial score (nSPS) is 12.9. The number of carbonyl (C=O) groups excluding carboxylic acids is 2. The van der Waals surface area contributed by atoms with Gasteiger partial charge in [-0.15, -0.1) is 0 Å². The van der Waals surface area contributed by atoms with E-state index in [9.17, 15) is 9.59 Å². The number of benzene rings is 2. The number of ether oxygens (including phenoxy) is 3. The number of amides is 2. The molecule has 0 fully saturated rings. The minimum absolute atomic E-state index is 0.284. The predicted molar refractivity (Wildman–Crippen MR) is 112 cm³/mol. The van der Waals surface area contributed by atoms with Gasteiger partial charge in [0.05, 0.1) is 41.9 Å². The van der Waals surface area contributed by atoms with Gasteiger partial charge in [-0.2, -0.15) is 0 Å². The molecule has 7 nitrogen and oxygen atoms in total. The molecule has 2 amide bonds. The molecule has 0 saturated heterocycles. The summed E-state index contributed by atoms with van der Waals surface area (Å²) < 4.78 is 16.8. The van der Waals surface area contributed by atoms with Crippen LogP contribution in [0.4, 0.5) is 5.13 Å². The zero-order valence-corrected chi connectivity index (χ0v) is 18.1. The SMILES string of the molecule is COc1cc(-c2nc(N3C(=O)c4ccccc4C3=O)sc2Br)cc(OC)c1OC. The molecular formula is C20H15BrN2O5S. The maximum absolute atomic E-state index is 12.7. The first kappa shape index (κ1) is 19.4. The van der Waals surface area contributed by atoms with Gasteiger partial charge in [0.25, 0.3) is 11.8 Å². The summed E-state index contributed by atoms with van der Waals surface area (Å²) in [5, 5.41) is 0.284. The predicted octanol–water partition coefficient (Wildman–Crippen LogP) is 4.40. The lowest BCUT2D eigenvalue weighted by molar-refractivity contribution is 0.0926. The van der Waals surface area contributed by atoms with Gasteiger partial charge >= 0.3 is 0 Å². The molecule has 1 aliphatic rings. The second-order valence-electron chi connectivity index (χ2n) is 6.02. The molecule has 1 aromatic heterocycles. The average molecular weight is 475 g/mol. The third-order valence-electron chi connectivity index (χ3n) is 4.50. The van der Waals surface area contributed by atoms with Gasteiger partial charge in [-0.25, -0.2) is 9.88 Å². The molecule has 2 heterocycles. The smallest absolute Gasteiger partial charge is 0.268 e. The first-order valence-electron chi connectivity index (χ1n) is 8.44. The van der Waals surface area contributed by atoms with Crippen molar-refractivity contribution in [3.8, 4) is 28.5 Å². The standard InChI is InChI=1S/C20H15BrN2O5S/c1-26-13-8-10(9-14(27-2)16(13)28-3)15-17(21)29-20(22-15)23-18(24)11-6-4-5-7-12(11)19(23)25/h4-9H,1-3H3. The maximum Gasteiger partial charge on any atom is 0.268 e. The third kappa shape index (κ3) is 3.06. The number of aromatic nitrogens is 1. The molecule has 3 aromatic rings. The van der Waals surface area contributed by atoms with E-state index in [2.05, 4.69) is 20.9 Å². The van der Waals surface area contributed by atoms with Crippen LogP contribution in [0.15, 0.2) is 40.2 Å². The van der Waals surface area contributed by atoms with Crippen LogP contribution in [0.1, 0.15) is 20.7 Å². The zero-order valence-electron chi connectivity index (χ0n) is 15.7. The molecule has 0 bridgehead atoms. The van der Waals surface area contributed by atoms with E-state index in [1.54, 1.807) is 36.4 Å². The summed E-state index contributed by atoms with van der Waals surface area (Å²) >= 11 is 4.70. The summed E-state index contributed by atoms with van der Waals surface area (Å²) in [6.45, 7) is 0. The van der Waals surface area contributed by atoms with Gasteiger partial charge in [0, 0.05) is 5.56 Å². The number of carbonyl (C=O) groups is 2. The van der Waals surface area contributed by atoms with Crippen molar-refractivity contribution in [3.63, 3.8) is 0 Å². The molecule has 0 atom stereocenters. The summed E-state index contributed by atoms with van der Waals surface area (Å²) in [5.74, 6) is 0.644. The lowest BCUT2D eigenvalue weighted by Crippen LogP contribution is -2.29. The van der Waals surface area contributed by atoms with Gasteiger partial charge in [-0.1, -0.05) is 23.5 Å². The molecule has 2 aromatic carbocycles. The van der Waals surface area contributed by atoms with Gasteiger partial charge in [0.1, 0.15) is 0 Å². The van der Waals surface area contributed by atoms with Gasteiger partial charge in [0.2, 0.25) is 10.9 Å². The first-order valence-corrected chi connectivity index (χ1v) is 10.1. The number of fused-ring (bicyclic) bond motifs is 1. The van der Waals surface area contributed by atoms with Crippen LogP contribution in [0.2, 0.25) is 0 Å². The fourth-order valence-electron chi connectivity index (χ4n) is 3.15. The van der Waals surface area contributed by atoms with E-state index in [-0.39, 0.29) is 16.9 Å². The quantitative estimate of drug-likeness (QED) is 0.510. The number of anilines is 1. The lowest BCUT2D eigenvalue weighted by Gasteiger charge is -2.13. The molecule has 0 radical (unpaired) electrons. The van der Waals surface area contributed by atoms with Crippen molar-refractivity contribution in [2.75, 3.05) is 26.2 Å². The number of thiazole rings is 1. The number of hydrogen-bond acceptors (Lipinski definition) is 7. The van der Waals surface area contributed by atoms with Crippen LogP contribution < -0.4 is 19.1 Å². The molecule has 0 aliphatic carbocycles. The second kappa shape index (κ2) is 7.49. The summed E-state index contributed by atoms with van der Waals surface area (Å²) in [7, 11) is 4.59. The molecular weight excluding hydrogens is 460 g/mol. The van der Waals surface area contributed by atoms with Crippen molar-refractivity contribution in [2.24, 2.45) is 0 Å². The molecule has 0 saturated carbocycles. The Morgan fingerprint density at radius 2 is 1.48 bits per heavy atom. The monoisotopic (exact) mass is 474 g/mol. The molecule has 9 heteroatoms. The third-order valence-corrected chi connectivity index (χ3v) is 6.19. The Labute approximate surface area is 179 Å². The van der Waals surface area contributed by atoms with E-state index in [0.717, 1.165) is 4.90 Å². The highest BCUT2D eigenvalue weighted by Crippen LogP contribution is 2.45. The largest absolute Gasteiger partial charge is 0.493 e. The van der Waals surface area contributed by atoms with E-state index in [1.165, 1.54) is 32.7 Å². The van der Waals surface area contributed by atoms with Crippen LogP contribution in [0.3, 0.4) is 0 Å². The van der Waals surface area contributed by atoms with Crippen molar-refractivity contribution in [2.45, 2.75) is 0 Å². The van der Waals surface area contributed by atoms with Gasteiger partial charge in [-0.05, 0) is 40.2 Å². The number of methoxy groups -OCH3 is 3. The fourth-order valence-corrected chi connectivity index (χ4v) is 4.71. The van der Waals surface area contributed by atoms with Crippen LogP contribution in [-0.4, -0.2) is 38.1 Å². The number of rotatable bonds is 5. The Hall–Kier alpha value is -2.91. The molecule has 4 rings (SSSR count). The van der Waals surface area contributed by atoms with Crippen molar-refractivity contribution >= 4 is 44.2 Å². The average Bonchev–Trinajstić information content (AvgIpc) is 3.24. The zero-order chi connectivity index (χ0) is 20.7. The molecule has 148 valence electrons. The van der Waals surface area contributed by atoms with Crippen molar-refractivity contribution in [1.82, 2.24) is 4.98 Å². The summed E-state index contributed by atoms with van der Waals surface area (Å²) in [5.41, 5.74) is 1.99. The van der Waals surface area contributed by atoms with E-state index in [4.69, 9.17) is 14.2 Å². The van der Waals surface area contributed by atoms with E-state index in [0.29, 0.717) is 43.4 Å². The summed E-state index contributed by atoms with van der Waals surface area (Å²) in [4.78, 5) is 31.2. The molecule has 0 spiro atoms. The highest BCUT2D eigenvalue weighted by Gasteiger charge is 2.38. The number of nitrogens with zero attached hydrogens (tertiary/aromatic N) is 2. The Kier molecular flexibility index (Phi) is 5.01. The minimum atomic E-state index is -0.386. The first-order chi connectivity index (χ1) is 14.0. The summed E-state index contributed by atoms with van der Waals surface area (Å²) in [6.07, 6.45) is 0.